The van der Waals surface area contributed by atoms with Crippen LogP contribution in [0.4, 0.5) is 4.79 Å². The van der Waals surface area contributed by atoms with Gasteiger partial charge in [0, 0.05) is 11.8 Å². The van der Waals surface area contributed by atoms with Crippen LogP contribution in [0, 0.1) is 0 Å². The molecule has 0 rings (SSSR count). The van der Waals surface area contributed by atoms with E-state index in [0.717, 1.165) is 7.11 Å². The second-order valence-electron chi connectivity index (χ2n) is 0.710. The molecule has 42 valence electrons. The molecule has 0 saturated carbocycles. The van der Waals surface area contributed by atoms with Crippen molar-refractivity contribution in [2.24, 2.45) is 0 Å². The second-order valence-corrected chi connectivity index (χ2v) is 1.02. The van der Waals surface area contributed by atoms with Crippen molar-refractivity contribution in [3.8, 4) is 0 Å². The highest BCUT2D eigenvalue weighted by Crippen LogP contribution is 1.91. The van der Waals surface area contributed by atoms with E-state index in [1.807, 2.05) is 0 Å². The Morgan fingerprint density at radius 3 is 2.43 bits per heavy atom. The number of hydroxylamine groups is 1. The van der Waals surface area contributed by atoms with Gasteiger partial charge < -0.3 is 5.11 Å². The second kappa shape index (κ2) is 2.65. The Hall–Kier alpha value is -0.480. The van der Waals surface area contributed by atoms with Gasteiger partial charge >= 0.3 is 6.09 Å². The van der Waals surface area contributed by atoms with Crippen molar-refractivity contribution in [3.63, 3.8) is 0 Å². The van der Waals surface area contributed by atoms with Crippen LogP contribution in [0.25, 0.3) is 0 Å². The van der Waals surface area contributed by atoms with Gasteiger partial charge in [0.15, 0.2) is 0 Å². The molecule has 0 aromatic rings. The minimum atomic E-state index is -1.33. The number of hydrogen-bond donors (Lipinski definition) is 1. The fourth-order valence-corrected chi connectivity index (χ4v) is 0.0781. The average molecular weight is 126 g/mol. The van der Waals surface area contributed by atoms with Crippen molar-refractivity contribution < 1.29 is 14.7 Å². The lowest BCUT2D eigenvalue weighted by Gasteiger charge is -2.01. The molecule has 0 atom stereocenters. The van der Waals surface area contributed by atoms with Crippen molar-refractivity contribution in [3.05, 3.63) is 0 Å². The van der Waals surface area contributed by atoms with Crippen LogP contribution in [0.3, 0.4) is 0 Å². The van der Waals surface area contributed by atoms with Crippen molar-refractivity contribution in [2.45, 2.75) is 0 Å². The summed E-state index contributed by atoms with van der Waals surface area (Å²) in [6, 6.07) is 0. The predicted octanol–water partition coefficient (Wildman–Crippen LogP) is 0.682. The Morgan fingerprint density at radius 2 is 2.43 bits per heavy atom. The van der Waals surface area contributed by atoms with Crippen LogP contribution in [0.2, 0.25) is 0 Å². The lowest BCUT2D eigenvalue weighted by Crippen LogP contribution is -2.16. The maximum Gasteiger partial charge on any atom is 0.447 e. The minimum absolute atomic E-state index is 0.181. The zero-order valence-electron chi connectivity index (χ0n) is 3.59. The molecule has 0 unspecified atom stereocenters. The zero-order chi connectivity index (χ0) is 5.86. The highest BCUT2D eigenvalue weighted by molar-refractivity contribution is 6.18. The molecule has 0 bridgehead atoms. The van der Waals surface area contributed by atoms with Crippen LogP contribution in [0.15, 0.2) is 0 Å². The Morgan fingerprint density at radius 1 is 2.00 bits per heavy atom. The number of halogens is 1. The van der Waals surface area contributed by atoms with Crippen LogP contribution >= 0.6 is 11.8 Å². The van der Waals surface area contributed by atoms with E-state index in [2.05, 4.69) is 4.84 Å². The van der Waals surface area contributed by atoms with Crippen molar-refractivity contribution in [1.82, 2.24) is 4.58 Å². The van der Waals surface area contributed by atoms with Gasteiger partial charge in [0.05, 0.1) is 7.11 Å². The molecular weight excluding hydrogens is 121 g/mol. The molecule has 0 radical (unpaired) electrons. The summed E-state index contributed by atoms with van der Waals surface area (Å²) in [6.07, 6.45) is -1.33. The molecule has 1 amide bonds. The zero-order valence-corrected chi connectivity index (χ0v) is 4.34. The topological polar surface area (TPSA) is 49.8 Å². The number of rotatable bonds is 1. The van der Waals surface area contributed by atoms with Gasteiger partial charge in [-0.2, -0.15) is 0 Å². The van der Waals surface area contributed by atoms with E-state index in [1.165, 1.54) is 0 Å². The monoisotopic (exact) mass is 125 g/mol. The molecule has 0 aromatic heterocycles. The summed E-state index contributed by atoms with van der Waals surface area (Å²) in [4.78, 5) is 13.6. The summed E-state index contributed by atoms with van der Waals surface area (Å²) >= 11 is 4.81. The van der Waals surface area contributed by atoms with Gasteiger partial charge in [-0.3, -0.25) is 4.84 Å². The highest BCUT2D eigenvalue weighted by Gasteiger charge is 2.03. The number of hydrogen-bond acceptors (Lipinski definition) is 2. The Bertz CT molecular complexity index is 75.3. The van der Waals surface area contributed by atoms with Crippen molar-refractivity contribution in [1.29, 1.82) is 0 Å². The third-order valence-electron chi connectivity index (χ3n) is 0.311. The quantitative estimate of drug-likeness (QED) is 0.414. The number of amides is 1. The molecule has 0 aromatic carbocycles. The van der Waals surface area contributed by atoms with E-state index in [-0.39, 0.29) is 4.58 Å². The Kier molecular flexibility index (Phi) is 2.47. The van der Waals surface area contributed by atoms with Crippen molar-refractivity contribution >= 4 is 17.9 Å². The summed E-state index contributed by atoms with van der Waals surface area (Å²) in [5, 5.41) is 7.85. The summed E-state index contributed by atoms with van der Waals surface area (Å²) < 4.78 is 0.181. The number of carbonyl (C=O) groups is 1. The third-order valence-corrected chi connectivity index (χ3v) is 0.593. The van der Waals surface area contributed by atoms with Crippen LogP contribution < -0.4 is 0 Å². The minimum Gasteiger partial charge on any atom is -0.462 e. The number of nitrogens with zero attached hydrogens (tertiary/aromatic N) is 1. The van der Waals surface area contributed by atoms with E-state index in [0.29, 0.717) is 0 Å². The van der Waals surface area contributed by atoms with Crippen molar-refractivity contribution in [2.75, 3.05) is 7.11 Å². The molecule has 0 heterocycles. The molecule has 0 fully saturated rings. The molecule has 0 spiro atoms. The highest BCUT2D eigenvalue weighted by atomic mass is 35.5. The van der Waals surface area contributed by atoms with Gasteiger partial charge in [-0.15, -0.1) is 0 Å². The van der Waals surface area contributed by atoms with Crippen LogP contribution in [-0.2, 0) is 4.84 Å². The molecule has 5 heteroatoms. The fourth-order valence-electron chi connectivity index (χ4n) is 0.0781. The van der Waals surface area contributed by atoms with Gasteiger partial charge in [0.2, 0.25) is 0 Å². The fraction of sp³-hybridized carbons (Fsp3) is 0.500. The Balaban J connectivity index is 3.34. The maximum atomic E-state index is 9.60. The SMILES string of the molecule is CON(Cl)C(=O)O. The summed E-state index contributed by atoms with van der Waals surface area (Å²) in [6.45, 7) is 0. The van der Waals surface area contributed by atoms with Gasteiger partial charge in [0.25, 0.3) is 0 Å². The van der Waals surface area contributed by atoms with E-state index in [1.54, 1.807) is 0 Å². The van der Waals surface area contributed by atoms with Gasteiger partial charge in [-0.05, 0) is 0 Å². The normalized spacial score (nSPS) is 8.29. The maximum absolute atomic E-state index is 9.60. The molecule has 0 aliphatic heterocycles. The molecular formula is C2H4ClNO3. The molecule has 0 aliphatic carbocycles. The number of carboxylic acid groups (broad SMARTS) is 1. The van der Waals surface area contributed by atoms with E-state index < -0.39 is 6.09 Å². The molecule has 4 nitrogen and oxygen atoms in total. The van der Waals surface area contributed by atoms with E-state index >= 15 is 0 Å². The first-order valence-corrected chi connectivity index (χ1v) is 1.75. The molecule has 0 saturated heterocycles. The third kappa shape index (κ3) is 2.24. The smallest absolute Gasteiger partial charge is 0.447 e. The van der Waals surface area contributed by atoms with Gasteiger partial charge in [-0.25, -0.2) is 4.79 Å². The van der Waals surface area contributed by atoms with Crippen LogP contribution in [0.1, 0.15) is 0 Å². The molecule has 1 N–H and O–H groups in total. The molecule has 7 heavy (non-hydrogen) atoms. The average Bonchev–Trinajstić information content (AvgIpc) is 1.65. The summed E-state index contributed by atoms with van der Waals surface area (Å²) in [5.74, 6) is 0. The summed E-state index contributed by atoms with van der Waals surface area (Å²) in [7, 11) is 1.15. The lowest BCUT2D eigenvalue weighted by molar-refractivity contribution is -0.0289. The standard InChI is InChI=1S/C2H4ClNO3/c1-7-4(3)2(5)6/h1H3,(H,5,6). The predicted molar refractivity (Wildman–Crippen MR) is 22.7 cm³/mol. The van der Waals surface area contributed by atoms with Gasteiger partial charge in [0.1, 0.15) is 0 Å². The first kappa shape index (κ1) is 6.52. The summed E-state index contributed by atoms with van der Waals surface area (Å²) in [5.41, 5.74) is 0. The first-order valence-electron chi connectivity index (χ1n) is 1.41. The lowest BCUT2D eigenvalue weighted by atomic mass is 11.3. The van der Waals surface area contributed by atoms with E-state index in [4.69, 9.17) is 16.9 Å². The first-order chi connectivity index (χ1) is 3.18. The molecule has 0 aliphatic rings. The van der Waals surface area contributed by atoms with Gasteiger partial charge in [-0.1, -0.05) is 4.58 Å². The van der Waals surface area contributed by atoms with E-state index in [9.17, 15) is 4.79 Å². The van der Waals surface area contributed by atoms with Crippen LogP contribution in [-0.4, -0.2) is 22.9 Å². The van der Waals surface area contributed by atoms with Crippen LogP contribution in [0.5, 0.6) is 0 Å². The largest absolute Gasteiger partial charge is 0.462 e. The Labute approximate surface area is 45.3 Å².